The van der Waals surface area contributed by atoms with E-state index < -0.39 is 17.4 Å². The fourth-order valence-corrected chi connectivity index (χ4v) is 9.30. The van der Waals surface area contributed by atoms with Gasteiger partial charge in [-0.15, -0.1) is 0 Å². The van der Waals surface area contributed by atoms with E-state index >= 15 is 0 Å². The molecule has 4 nitrogen and oxygen atoms in total. The summed E-state index contributed by atoms with van der Waals surface area (Å²) in [6.45, 7) is 8.72. The highest BCUT2D eigenvalue weighted by atomic mass is 16.4. The Labute approximate surface area is 161 Å². The molecule has 4 heteroatoms. The number of fused-ring (bicyclic) bond motifs is 2. The zero-order valence-corrected chi connectivity index (χ0v) is 16.9. The van der Waals surface area contributed by atoms with Crippen LogP contribution in [0.1, 0.15) is 66.2 Å². The van der Waals surface area contributed by atoms with E-state index in [1.807, 2.05) is 6.92 Å². The van der Waals surface area contributed by atoms with Gasteiger partial charge < -0.3 is 10.2 Å². The van der Waals surface area contributed by atoms with Gasteiger partial charge in [-0.1, -0.05) is 38.8 Å². The molecule has 2 spiro atoms. The van der Waals surface area contributed by atoms with Gasteiger partial charge in [-0.25, -0.2) is 0 Å². The number of carboxylic acids is 2. The molecule has 0 saturated heterocycles. The highest BCUT2D eigenvalue weighted by molar-refractivity contribution is 5.77. The quantitative estimate of drug-likeness (QED) is 0.710. The van der Waals surface area contributed by atoms with E-state index in [0.29, 0.717) is 11.8 Å². The minimum absolute atomic E-state index is 0.0321. The molecule has 8 atom stereocenters. The lowest BCUT2D eigenvalue weighted by atomic mass is 9.48. The van der Waals surface area contributed by atoms with Gasteiger partial charge in [0.2, 0.25) is 0 Å². The number of allylic oxidation sites excluding steroid dienone is 2. The lowest BCUT2D eigenvalue weighted by Crippen LogP contribution is -2.53. The second-order valence-electron chi connectivity index (χ2n) is 11.1. The van der Waals surface area contributed by atoms with Gasteiger partial charge in [-0.3, -0.25) is 9.59 Å². The van der Waals surface area contributed by atoms with Crippen LogP contribution in [0.5, 0.6) is 0 Å². The van der Waals surface area contributed by atoms with Crippen molar-refractivity contribution >= 4 is 11.9 Å². The van der Waals surface area contributed by atoms with Crippen LogP contribution < -0.4 is 0 Å². The number of aliphatic carboxylic acids is 2. The first-order valence-electron chi connectivity index (χ1n) is 10.7. The molecule has 2 N–H and O–H groups in total. The van der Waals surface area contributed by atoms with Gasteiger partial charge in [0.25, 0.3) is 0 Å². The molecule has 4 saturated carbocycles. The zero-order chi connectivity index (χ0) is 19.6. The Morgan fingerprint density at radius 2 is 1.85 bits per heavy atom. The molecular weight excluding hydrogens is 340 g/mol. The summed E-state index contributed by atoms with van der Waals surface area (Å²) in [6.07, 6.45) is 8.20. The van der Waals surface area contributed by atoms with E-state index in [1.54, 1.807) is 0 Å². The van der Waals surface area contributed by atoms with Crippen molar-refractivity contribution in [3.8, 4) is 0 Å². The average molecular weight is 373 g/mol. The van der Waals surface area contributed by atoms with Gasteiger partial charge in [0, 0.05) is 5.92 Å². The summed E-state index contributed by atoms with van der Waals surface area (Å²) >= 11 is 0. The molecule has 0 aromatic carbocycles. The molecule has 0 bridgehead atoms. The van der Waals surface area contributed by atoms with Crippen molar-refractivity contribution in [1.29, 1.82) is 0 Å². The van der Waals surface area contributed by atoms with Crippen molar-refractivity contribution in [2.75, 3.05) is 0 Å². The minimum atomic E-state index is -0.640. The largest absolute Gasteiger partial charge is 0.481 e. The Hall–Kier alpha value is -1.32. The molecule has 5 aliphatic carbocycles. The molecule has 5 aliphatic rings. The number of carbonyl (C=O) groups is 2. The van der Waals surface area contributed by atoms with Crippen molar-refractivity contribution < 1.29 is 19.8 Å². The number of hydrogen-bond donors (Lipinski definition) is 2. The van der Waals surface area contributed by atoms with Gasteiger partial charge >= 0.3 is 11.9 Å². The summed E-state index contributed by atoms with van der Waals surface area (Å²) < 4.78 is 0. The zero-order valence-electron chi connectivity index (χ0n) is 16.9. The third-order valence-electron chi connectivity index (χ3n) is 10.1. The Morgan fingerprint density at radius 1 is 1.15 bits per heavy atom. The van der Waals surface area contributed by atoms with Crippen LogP contribution in [0.25, 0.3) is 0 Å². The lowest BCUT2D eigenvalue weighted by Gasteiger charge is -2.55. The van der Waals surface area contributed by atoms with Gasteiger partial charge in [0.05, 0.1) is 11.3 Å². The first kappa shape index (κ1) is 17.8. The maximum absolute atomic E-state index is 12.2. The summed E-state index contributed by atoms with van der Waals surface area (Å²) in [5, 5.41) is 19.8. The number of carboxylic acid groups (broad SMARTS) is 2. The van der Waals surface area contributed by atoms with Crippen LogP contribution in [0.15, 0.2) is 11.6 Å². The predicted octanol–water partition coefficient (Wildman–Crippen LogP) is 4.60. The monoisotopic (exact) mass is 372 g/mol. The average Bonchev–Trinajstić information content (AvgIpc) is 3.11. The van der Waals surface area contributed by atoms with Crippen molar-refractivity contribution in [1.82, 2.24) is 0 Å². The van der Waals surface area contributed by atoms with Crippen LogP contribution in [0.3, 0.4) is 0 Å². The summed E-state index contributed by atoms with van der Waals surface area (Å²) in [5.74, 6) is -0.222. The second-order valence-corrected chi connectivity index (χ2v) is 11.1. The topological polar surface area (TPSA) is 74.6 Å². The first-order chi connectivity index (χ1) is 12.6. The SMILES string of the molecule is CC(C)C1=CC23CCC4C(C)(C(=O)O)CCCC4(C)C2C32CC(C(=O)O)C12. The third-order valence-corrected chi connectivity index (χ3v) is 10.1. The molecular formula is C23H32O4. The number of hydrogen-bond acceptors (Lipinski definition) is 2. The van der Waals surface area contributed by atoms with Gasteiger partial charge in [-0.2, -0.15) is 0 Å². The van der Waals surface area contributed by atoms with Crippen molar-refractivity contribution in [2.45, 2.75) is 66.2 Å². The Bertz CT molecular complexity index is 783. The standard InChI is InChI=1S/C23H32O4/c1-12(2)13-10-22-9-6-15-20(3,7-5-8-21(15,4)19(26)27)18(22)23(22)11-14(16(13)23)17(24)25/h10,12,14-16,18H,5-9,11H2,1-4H3,(H,24,25)(H,26,27). The van der Waals surface area contributed by atoms with Gasteiger partial charge in [-0.05, 0) is 73.0 Å². The Morgan fingerprint density at radius 3 is 2.44 bits per heavy atom. The summed E-state index contributed by atoms with van der Waals surface area (Å²) in [4.78, 5) is 24.1. The Balaban J connectivity index is 1.59. The molecule has 8 unspecified atom stereocenters. The van der Waals surface area contributed by atoms with Crippen molar-refractivity contribution in [2.24, 2.45) is 51.2 Å². The molecule has 0 aromatic heterocycles. The molecule has 5 rings (SSSR count). The van der Waals surface area contributed by atoms with Crippen molar-refractivity contribution in [3.63, 3.8) is 0 Å². The molecule has 148 valence electrons. The first-order valence-corrected chi connectivity index (χ1v) is 10.7. The highest BCUT2D eigenvalue weighted by Crippen LogP contribution is 2.95. The summed E-state index contributed by atoms with van der Waals surface area (Å²) in [6, 6.07) is 0. The van der Waals surface area contributed by atoms with E-state index in [0.717, 1.165) is 38.5 Å². The molecule has 4 fully saturated rings. The third kappa shape index (κ3) is 1.65. The summed E-state index contributed by atoms with van der Waals surface area (Å²) in [7, 11) is 0. The minimum Gasteiger partial charge on any atom is -0.481 e. The molecule has 27 heavy (non-hydrogen) atoms. The van der Waals surface area contributed by atoms with Gasteiger partial charge in [0.1, 0.15) is 0 Å². The summed E-state index contributed by atoms with van der Waals surface area (Å²) in [5.41, 5.74) is 1.06. The van der Waals surface area contributed by atoms with Crippen LogP contribution in [-0.4, -0.2) is 22.2 Å². The van der Waals surface area contributed by atoms with Crippen molar-refractivity contribution in [3.05, 3.63) is 11.6 Å². The van der Waals surface area contributed by atoms with Crippen LogP contribution >= 0.6 is 0 Å². The molecule has 0 aliphatic heterocycles. The van der Waals surface area contributed by atoms with E-state index in [-0.39, 0.29) is 34.0 Å². The fourth-order valence-electron chi connectivity index (χ4n) is 9.30. The molecule has 0 aromatic rings. The molecule has 0 radical (unpaired) electrons. The van der Waals surface area contributed by atoms with E-state index in [2.05, 4.69) is 26.8 Å². The van der Waals surface area contributed by atoms with Crippen LogP contribution in [-0.2, 0) is 9.59 Å². The fraction of sp³-hybridized carbons (Fsp3) is 0.826. The lowest BCUT2D eigenvalue weighted by molar-refractivity contribution is -0.165. The second kappa shape index (κ2) is 4.80. The van der Waals surface area contributed by atoms with E-state index in [1.165, 1.54) is 5.57 Å². The van der Waals surface area contributed by atoms with Crippen LogP contribution in [0, 0.1) is 51.2 Å². The normalized spacial score (nSPS) is 54.8. The van der Waals surface area contributed by atoms with Crippen LogP contribution in [0.2, 0.25) is 0 Å². The maximum atomic E-state index is 12.2. The smallest absolute Gasteiger partial charge is 0.309 e. The maximum Gasteiger partial charge on any atom is 0.309 e. The molecule has 0 amide bonds. The van der Waals surface area contributed by atoms with E-state index in [9.17, 15) is 19.8 Å². The number of rotatable bonds is 3. The van der Waals surface area contributed by atoms with E-state index in [4.69, 9.17) is 0 Å². The highest BCUT2D eigenvalue weighted by Gasteiger charge is 2.91. The van der Waals surface area contributed by atoms with Gasteiger partial charge in [0.15, 0.2) is 0 Å². The van der Waals surface area contributed by atoms with Crippen LogP contribution in [0.4, 0.5) is 0 Å². The molecule has 0 heterocycles. The predicted molar refractivity (Wildman–Crippen MR) is 101 cm³/mol. The Kier molecular flexibility index (Phi) is 3.16.